The van der Waals surface area contributed by atoms with E-state index < -0.39 is 25.1 Å². The van der Waals surface area contributed by atoms with E-state index in [1.165, 1.54) is 4.90 Å². The Labute approximate surface area is 89.8 Å². The van der Waals surface area contributed by atoms with E-state index in [0.29, 0.717) is 6.42 Å². The molecule has 4 atom stereocenters. The highest BCUT2D eigenvalue weighted by atomic mass is 31.1. The Morgan fingerprint density at radius 1 is 1.80 bits per heavy atom. The Morgan fingerprint density at radius 2 is 2.33 bits per heavy atom. The molecule has 0 radical (unpaired) electrons. The first-order valence-electron chi connectivity index (χ1n) is 4.62. The molecule has 1 saturated carbocycles. The largest absolute Gasteiger partial charge is 0.520 e. The Hall–Kier alpha value is -0.770. The van der Waals surface area contributed by atoms with E-state index >= 15 is 0 Å². The first kappa shape index (κ1) is 12.3. The van der Waals surface area contributed by atoms with Gasteiger partial charge in [0.1, 0.15) is 0 Å². The fourth-order valence-electron chi connectivity index (χ4n) is 1.71. The average Bonchev–Trinajstić information content (AvgIpc) is 2.76. The third-order valence-electron chi connectivity index (χ3n) is 2.79. The highest BCUT2D eigenvalue weighted by Crippen LogP contribution is 2.51. The normalized spacial score (nSPS) is 31.7. The van der Waals surface area contributed by atoms with Gasteiger partial charge in [-0.1, -0.05) is 6.08 Å². The van der Waals surface area contributed by atoms with Crippen LogP contribution in [0.4, 0.5) is 0 Å². The van der Waals surface area contributed by atoms with Crippen LogP contribution < -0.4 is 5.73 Å². The molecule has 5 nitrogen and oxygen atoms in total. The van der Waals surface area contributed by atoms with Gasteiger partial charge in [-0.25, -0.2) is 0 Å². The van der Waals surface area contributed by atoms with Gasteiger partial charge in [0.05, 0.1) is 5.54 Å². The standard InChI is InChI=1S/C9H15N2O3P/c1-4-6-5-9(6,10)7(15(13)14)8(12)11(2)3/h4,6-7H,1,5,10H2,2-3H3/p+1. The molecule has 0 bridgehead atoms. The molecule has 3 N–H and O–H groups in total. The molecule has 0 heterocycles. The molecule has 0 saturated heterocycles. The summed E-state index contributed by atoms with van der Waals surface area (Å²) < 4.78 is 11.2. The van der Waals surface area contributed by atoms with E-state index in [0.717, 1.165) is 0 Å². The quantitative estimate of drug-likeness (QED) is 0.530. The van der Waals surface area contributed by atoms with E-state index in [1.807, 2.05) is 0 Å². The second kappa shape index (κ2) is 4.00. The maximum atomic E-state index is 11.7. The van der Waals surface area contributed by atoms with Crippen molar-refractivity contribution >= 4 is 13.9 Å². The minimum absolute atomic E-state index is 0.0440. The Balaban J connectivity index is 2.91. The van der Waals surface area contributed by atoms with E-state index in [1.54, 1.807) is 20.2 Å². The maximum absolute atomic E-state index is 11.7. The molecule has 84 valence electrons. The van der Waals surface area contributed by atoms with Crippen LogP contribution in [0.2, 0.25) is 0 Å². The first-order valence-corrected chi connectivity index (χ1v) is 5.90. The van der Waals surface area contributed by atoms with Crippen LogP contribution in [-0.4, -0.2) is 41.0 Å². The summed E-state index contributed by atoms with van der Waals surface area (Å²) in [5, 5.41) is 0. The molecule has 0 aliphatic heterocycles. The summed E-state index contributed by atoms with van der Waals surface area (Å²) in [6, 6.07) is 0. The number of amides is 1. The van der Waals surface area contributed by atoms with Gasteiger partial charge in [0.25, 0.3) is 11.6 Å². The van der Waals surface area contributed by atoms with Crippen molar-refractivity contribution in [3.8, 4) is 0 Å². The zero-order valence-electron chi connectivity index (χ0n) is 8.88. The molecule has 4 unspecified atom stereocenters. The second-order valence-electron chi connectivity index (χ2n) is 4.10. The summed E-state index contributed by atoms with van der Waals surface area (Å²) in [6.45, 7) is 3.58. The van der Waals surface area contributed by atoms with Crippen LogP contribution in [0.5, 0.6) is 0 Å². The minimum atomic E-state index is -2.61. The highest BCUT2D eigenvalue weighted by Gasteiger charge is 2.66. The second-order valence-corrected chi connectivity index (χ2v) is 5.22. The average molecular weight is 231 g/mol. The molecule has 0 aromatic carbocycles. The van der Waals surface area contributed by atoms with Gasteiger partial charge in [-0.05, 0) is 11.0 Å². The van der Waals surface area contributed by atoms with Crippen molar-refractivity contribution < 1.29 is 14.3 Å². The van der Waals surface area contributed by atoms with Crippen LogP contribution in [-0.2, 0) is 9.36 Å². The number of nitrogens with zero attached hydrogens (tertiary/aromatic N) is 1. The summed E-state index contributed by atoms with van der Waals surface area (Å²) in [4.78, 5) is 22.2. The Morgan fingerprint density at radius 3 is 2.60 bits per heavy atom. The van der Waals surface area contributed by atoms with Crippen molar-refractivity contribution in [2.75, 3.05) is 14.1 Å². The molecular formula is C9H16N2O3P+. The van der Waals surface area contributed by atoms with Gasteiger partial charge in [0, 0.05) is 20.0 Å². The maximum Gasteiger partial charge on any atom is 0.520 e. The van der Waals surface area contributed by atoms with Gasteiger partial charge >= 0.3 is 8.03 Å². The van der Waals surface area contributed by atoms with E-state index in [2.05, 4.69) is 6.58 Å². The zero-order valence-corrected chi connectivity index (χ0v) is 9.78. The SMILES string of the molecule is C=CC1CC1(N)C(C(=O)N(C)C)[P+](=O)O. The summed E-state index contributed by atoms with van der Waals surface area (Å²) in [7, 11) is 0.481. The van der Waals surface area contributed by atoms with E-state index in [4.69, 9.17) is 10.6 Å². The Bertz CT molecular complexity index is 318. The fraction of sp³-hybridized carbons (Fsp3) is 0.667. The molecule has 15 heavy (non-hydrogen) atoms. The van der Waals surface area contributed by atoms with Crippen LogP contribution >= 0.6 is 8.03 Å². The third kappa shape index (κ3) is 2.09. The molecule has 0 aromatic heterocycles. The molecule has 1 amide bonds. The number of nitrogens with two attached hydrogens (primary N) is 1. The van der Waals surface area contributed by atoms with Gasteiger partial charge in [-0.3, -0.25) is 4.79 Å². The van der Waals surface area contributed by atoms with Crippen molar-refractivity contribution in [2.24, 2.45) is 11.7 Å². The lowest BCUT2D eigenvalue weighted by Crippen LogP contribution is -2.47. The van der Waals surface area contributed by atoms with Crippen molar-refractivity contribution in [2.45, 2.75) is 17.6 Å². The van der Waals surface area contributed by atoms with Gasteiger partial charge in [-0.2, -0.15) is 4.89 Å². The lowest BCUT2D eigenvalue weighted by atomic mass is 10.1. The number of carbonyl (C=O) groups is 1. The van der Waals surface area contributed by atoms with Crippen LogP contribution in [0, 0.1) is 5.92 Å². The van der Waals surface area contributed by atoms with Crippen molar-refractivity contribution in [3.63, 3.8) is 0 Å². The van der Waals surface area contributed by atoms with Crippen molar-refractivity contribution in [3.05, 3.63) is 12.7 Å². The number of hydrogen-bond acceptors (Lipinski definition) is 3. The van der Waals surface area contributed by atoms with Crippen LogP contribution in [0.15, 0.2) is 12.7 Å². The summed E-state index contributed by atoms with van der Waals surface area (Å²) >= 11 is 0. The van der Waals surface area contributed by atoms with Crippen LogP contribution in [0.25, 0.3) is 0 Å². The van der Waals surface area contributed by atoms with Crippen molar-refractivity contribution in [1.29, 1.82) is 0 Å². The van der Waals surface area contributed by atoms with Gasteiger partial charge < -0.3 is 10.6 Å². The number of rotatable bonds is 4. The molecule has 1 fully saturated rings. The third-order valence-corrected chi connectivity index (χ3v) is 3.94. The van der Waals surface area contributed by atoms with E-state index in [-0.39, 0.29) is 5.92 Å². The molecule has 1 aliphatic rings. The number of carbonyl (C=O) groups excluding carboxylic acids is 1. The predicted octanol–water partition coefficient (Wildman–Crippen LogP) is 0.0813. The first-order chi connectivity index (χ1) is 6.84. The molecule has 6 heteroatoms. The number of hydrogen-bond donors (Lipinski definition) is 2. The van der Waals surface area contributed by atoms with Gasteiger partial charge in [0.15, 0.2) is 0 Å². The molecular weight excluding hydrogens is 215 g/mol. The highest BCUT2D eigenvalue weighted by molar-refractivity contribution is 7.40. The van der Waals surface area contributed by atoms with Gasteiger partial charge in [-0.15, -0.1) is 6.58 Å². The van der Waals surface area contributed by atoms with Crippen LogP contribution in [0.1, 0.15) is 6.42 Å². The lowest BCUT2D eigenvalue weighted by molar-refractivity contribution is -0.128. The minimum Gasteiger partial charge on any atom is -0.345 e. The van der Waals surface area contributed by atoms with Crippen LogP contribution in [0.3, 0.4) is 0 Å². The molecule has 1 rings (SSSR count). The van der Waals surface area contributed by atoms with E-state index in [9.17, 15) is 9.36 Å². The smallest absolute Gasteiger partial charge is 0.345 e. The Kier molecular flexibility index (Phi) is 3.28. The summed E-state index contributed by atoms with van der Waals surface area (Å²) in [5.74, 6) is -0.442. The van der Waals surface area contributed by atoms with Crippen molar-refractivity contribution in [1.82, 2.24) is 4.90 Å². The topological polar surface area (TPSA) is 83.6 Å². The predicted molar refractivity (Wildman–Crippen MR) is 57.5 cm³/mol. The molecule has 1 aliphatic carbocycles. The fourth-order valence-corrected chi connectivity index (χ4v) is 2.84. The van der Waals surface area contributed by atoms with Gasteiger partial charge in [0.2, 0.25) is 0 Å². The molecule has 0 spiro atoms. The zero-order chi connectivity index (χ0) is 11.8. The molecule has 0 aromatic rings. The summed E-state index contributed by atoms with van der Waals surface area (Å²) in [6.07, 6.45) is 2.18. The summed E-state index contributed by atoms with van der Waals surface area (Å²) in [5.41, 5.74) is 4.02. The lowest BCUT2D eigenvalue weighted by Gasteiger charge is -2.17. The monoisotopic (exact) mass is 231 g/mol.